The molecular formula is C14H21FN2O3. The van der Waals surface area contributed by atoms with Crippen molar-refractivity contribution in [2.75, 3.05) is 46.3 Å². The number of ether oxygens (including phenoxy) is 2. The second-order valence-electron chi connectivity index (χ2n) is 4.40. The van der Waals surface area contributed by atoms with E-state index in [9.17, 15) is 9.18 Å². The molecule has 112 valence electrons. The van der Waals surface area contributed by atoms with Crippen LogP contribution in [0.2, 0.25) is 0 Å². The topological polar surface area (TPSA) is 64.8 Å². The predicted molar refractivity (Wildman–Crippen MR) is 75.1 cm³/mol. The molecule has 0 heterocycles. The summed E-state index contributed by atoms with van der Waals surface area (Å²) in [6.07, 6.45) is 0.705. The van der Waals surface area contributed by atoms with Crippen LogP contribution >= 0.6 is 0 Å². The number of hydrogen-bond donors (Lipinski definition) is 1. The molecule has 0 aliphatic carbocycles. The van der Waals surface area contributed by atoms with E-state index in [1.807, 2.05) is 0 Å². The highest BCUT2D eigenvalue weighted by Crippen LogP contribution is 2.13. The monoisotopic (exact) mass is 284 g/mol. The number of carbonyl (C=O) groups is 1. The van der Waals surface area contributed by atoms with Gasteiger partial charge in [0.2, 0.25) is 0 Å². The van der Waals surface area contributed by atoms with E-state index in [0.717, 1.165) is 0 Å². The normalized spacial score (nSPS) is 10.6. The zero-order valence-electron chi connectivity index (χ0n) is 11.9. The largest absolute Gasteiger partial charge is 0.399 e. The van der Waals surface area contributed by atoms with Crippen molar-refractivity contribution in [3.63, 3.8) is 0 Å². The van der Waals surface area contributed by atoms with Crippen molar-refractivity contribution < 1.29 is 18.7 Å². The maximum Gasteiger partial charge on any atom is 0.254 e. The van der Waals surface area contributed by atoms with Crippen molar-refractivity contribution in [1.82, 2.24) is 4.90 Å². The minimum atomic E-state index is -0.517. The van der Waals surface area contributed by atoms with Gasteiger partial charge in [0, 0.05) is 45.2 Å². The Bertz CT molecular complexity index is 420. The van der Waals surface area contributed by atoms with Gasteiger partial charge in [0.05, 0.1) is 6.61 Å². The number of methoxy groups -OCH3 is 2. The van der Waals surface area contributed by atoms with E-state index in [1.165, 1.54) is 18.2 Å². The number of anilines is 1. The van der Waals surface area contributed by atoms with Crippen LogP contribution in [0.15, 0.2) is 18.2 Å². The quantitative estimate of drug-likeness (QED) is 0.581. The Hall–Kier alpha value is -1.66. The number of hydrogen-bond acceptors (Lipinski definition) is 4. The lowest BCUT2D eigenvalue weighted by atomic mass is 10.1. The Labute approximate surface area is 118 Å². The van der Waals surface area contributed by atoms with Crippen molar-refractivity contribution in [2.24, 2.45) is 0 Å². The number of nitrogens with two attached hydrogens (primary N) is 1. The first kappa shape index (κ1) is 16.4. The lowest BCUT2D eigenvalue weighted by Crippen LogP contribution is -2.35. The van der Waals surface area contributed by atoms with Gasteiger partial charge in [-0.05, 0) is 24.6 Å². The molecule has 20 heavy (non-hydrogen) atoms. The molecule has 0 spiro atoms. The van der Waals surface area contributed by atoms with E-state index >= 15 is 0 Å². The zero-order valence-corrected chi connectivity index (χ0v) is 11.9. The average Bonchev–Trinajstić information content (AvgIpc) is 2.41. The molecule has 1 amide bonds. The number of rotatable bonds is 8. The molecule has 0 atom stereocenters. The highest BCUT2D eigenvalue weighted by molar-refractivity contribution is 5.95. The molecule has 0 aliphatic heterocycles. The summed E-state index contributed by atoms with van der Waals surface area (Å²) in [5, 5.41) is 0. The van der Waals surface area contributed by atoms with Crippen LogP contribution in [0.1, 0.15) is 16.8 Å². The van der Waals surface area contributed by atoms with Crippen molar-refractivity contribution in [3.8, 4) is 0 Å². The van der Waals surface area contributed by atoms with Gasteiger partial charge in [0.1, 0.15) is 5.82 Å². The molecule has 6 heteroatoms. The van der Waals surface area contributed by atoms with Gasteiger partial charge in [-0.1, -0.05) is 0 Å². The van der Waals surface area contributed by atoms with E-state index in [2.05, 4.69) is 0 Å². The molecule has 0 radical (unpaired) electrons. The van der Waals surface area contributed by atoms with E-state index in [-0.39, 0.29) is 17.2 Å². The van der Waals surface area contributed by atoms with E-state index in [0.29, 0.717) is 32.7 Å². The number of carbonyl (C=O) groups excluding carboxylic acids is 1. The van der Waals surface area contributed by atoms with Crippen LogP contribution in [0.4, 0.5) is 10.1 Å². The zero-order chi connectivity index (χ0) is 15.0. The van der Waals surface area contributed by atoms with Crippen LogP contribution in [0.3, 0.4) is 0 Å². The molecule has 1 aromatic carbocycles. The summed E-state index contributed by atoms with van der Waals surface area (Å²) in [6, 6.07) is 3.84. The molecule has 0 fully saturated rings. The summed E-state index contributed by atoms with van der Waals surface area (Å²) in [4.78, 5) is 14.0. The molecule has 1 aromatic rings. The lowest BCUT2D eigenvalue weighted by Gasteiger charge is -2.22. The summed E-state index contributed by atoms with van der Waals surface area (Å²) < 4.78 is 23.3. The number of amides is 1. The molecule has 1 rings (SSSR count). The number of nitrogen functional groups attached to an aromatic ring is 1. The first-order valence-electron chi connectivity index (χ1n) is 6.41. The Morgan fingerprint density at radius 2 is 1.90 bits per heavy atom. The van der Waals surface area contributed by atoms with Crippen molar-refractivity contribution >= 4 is 11.6 Å². The number of halogens is 1. The van der Waals surface area contributed by atoms with Gasteiger partial charge in [-0.15, -0.1) is 0 Å². The summed E-state index contributed by atoms with van der Waals surface area (Å²) in [5.74, 6) is -0.777. The van der Waals surface area contributed by atoms with Gasteiger partial charge < -0.3 is 20.1 Å². The molecule has 0 saturated carbocycles. The van der Waals surface area contributed by atoms with Gasteiger partial charge in [-0.3, -0.25) is 4.79 Å². The minimum absolute atomic E-state index is 0.233. The fourth-order valence-corrected chi connectivity index (χ4v) is 1.83. The highest BCUT2D eigenvalue weighted by Gasteiger charge is 2.16. The van der Waals surface area contributed by atoms with Crippen LogP contribution in [0.25, 0.3) is 0 Å². The average molecular weight is 284 g/mol. The minimum Gasteiger partial charge on any atom is -0.399 e. The highest BCUT2D eigenvalue weighted by atomic mass is 19.1. The third-order valence-electron chi connectivity index (χ3n) is 2.80. The predicted octanol–water partition coefficient (Wildman–Crippen LogP) is 1.53. The van der Waals surface area contributed by atoms with Crippen molar-refractivity contribution in [1.29, 1.82) is 0 Å². The van der Waals surface area contributed by atoms with E-state index < -0.39 is 5.82 Å². The molecular weight excluding hydrogens is 263 g/mol. The summed E-state index contributed by atoms with van der Waals surface area (Å²) >= 11 is 0. The second kappa shape index (κ2) is 8.50. The van der Waals surface area contributed by atoms with Gasteiger partial charge in [0.25, 0.3) is 5.91 Å². The van der Waals surface area contributed by atoms with Crippen molar-refractivity contribution in [2.45, 2.75) is 6.42 Å². The Kier molecular flexibility index (Phi) is 6.97. The Balaban J connectivity index is 2.79. The molecule has 0 saturated heterocycles. The van der Waals surface area contributed by atoms with Gasteiger partial charge >= 0.3 is 0 Å². The maximum atomic E-state index is 13.3. The first-order chi connectivity index (χ1) is 9.58. The van der Waals surface area contributed by atoms with E-state index in [4.69, 9.17) is 15.2 Å². The number of benzene rings is 1. The lowest BCUT2D eigenvalue weighted by molar-refractivity contribution is 0.0673. The summed E-state index contributed by atoms with van der Waals surface area (Å²) in [7, 11) is 3.17. The SMILES string of the molecule is COCCCN(CCOC)C(=O)c1cc(N)cc(F)c1. The van der Waals surface area contributed by atoms with Crippen LogP contribution < -0.4 is 5.73 Å². The van der Waals surface area contributed by atoms with Gasteiger partial charge in [-0.2, -0.15) is 0 Å². The fourth-order valence-electron chi connectivity index (χ4n) is 1.83. The maximum absolute atomic E-state index is 13.3. The second-order valence-corrected chi connectivity index (χ2v) is 4.40. The Morgan fingerprint density at radius 3 is 2.50 bits per heavy atom. The fraction of sp³-hybridized carbons (Fsp3) is 0.500. The third-order valence-corrected chi connectivity index (χ3v) is 2.80. The molecule has 0 bridgehead atoms. The Morgan fingerprint density at radius 1 is 1.20 bits per heavy atom. The van der Waals surface area contributed by atoms with E-state index in [1.54, 1.807) is 19.1 Å². The van der Waals surface area contributed by atoms with Crippen LogP contribution in [-0.2, 0) is 9.47 Å². The molecule has 2 N–H and O–H groups in total. The molecule has 0 unspecified atom stereocenters. The molecule has 0 aliphatic rings. The molecule has 0 aromatic heterocycles. The smallest absolute Gasteiger partial charge is 0.254 e. The van der Waals surface area contributed by atoms with Gasteiger partial charge in [0.15, 0.2) is 0 Å². The summed E-state index contributed by atoms with van der Waals surface area (Å²) in [5.41, 5.74) is 6.04. The first-order valence-corrected chi connectivity index (χ1v) is 6.41. The summed E-state index contributed by atoms with van der Waals surface area (Å²) in [6.45, 7) is 1.94. The third kappa shape index (κ3) is 5.14. The molecule has 5 nitrogen and oxygen atoms in total. The standard InChI is InChI=1S/C14H21FN2O3/c1-19-6-3-4-17(5-7-20-2)14(18)11-8-12(15)10-13(16)9-11/h8-10H,3-7,16H2,1-2H3. The number of nitrogens with zero attached hydrogens (tertiary/aromatic N) is 1. The van der Waals surface area contributed by atoms with Crippen LogP contribution in [-0.4, -0.2) is 51.3 Å². The van der Waals surface area contributed by atoms with Crippen LogP contribution in [0.5, 0.6) is 0 Å². The van der Waals surface area contributed by atoms with Crippen LogP contribution in [0, 0.1) is 5.82 Å². The van der Waals surface area contributed by atoms with Crippen molar-refractivity contribution in [3.05, 3.63) is 29.6 Å². The van der Waals surface area contributed by atoms with Gasteiger partial charge in [-0.25, -0.2) is 4.39 Å².